The summed E-state index contributed by atoms with van der Waals surface area (Å²) < 4.78 is 25.9. The Labute approximate surface area is 153 Å². The summed E-state index contributed by atoms with van der Waals surface area (Å²) in [6.07, 6.45) is 3.70. The Morgan fingerprint density at radius 2 is 1.73 bits per heavy atom. The highest BCUT2D eigenvalue weighted by atomic mass is 32.2. The Balaban J connectivity index is 1.57. The molecule has 26 heavy (non-hydrogen) atoms. The van der Waals surface area contributed by atoms with Crippen LogP contribution in [0, 0.1) is 0 Å². The number of nitrogens with zero attached hydrogens (tertiary/aromatic N) is 4. The van der Waals surface area contributed by atoms with Crippen molar-refractivity contribution in [3.05, 3.63) is 42.2 Å². The molecule has 2 saturated heterocycles. The van der Waals surface area contributed by atoms with Crippen molar-refractivity contribution in [2.75, 3.05) is 31.6 Å². The van der Waals surface area contributed by atoms with E-state index in [0.717, 1.165) is 11.1 Å². The van der Waals surface area contributed by atoms with E-state index in [-0.39, 0.29) is 29.5 Å². The summed E-state index contributed by atoms with van der Waals surface area (Å²) in [6, 6.07) is 7.06. The van der Waals surface area contributed by atoms with E-state index in [4.69, 9.17) is 0 Å². The minimum atomic E-state index is -3.10. The number of amides is 1. The van der Waals surface area contributed by atoms with Gasteiger partial charge in [-0.15, -0.1) is 0 Å². The van der Waals surface area contributed by atoms with E-state index in [1.807, 2.05) is 32.4 Å². The van der Waals surface area contributed by atoms with Gasteiger partial charge < -0.3 is 4.90 Å². The molecule has 0 N–H and O–H groups in total. The molecule has 1 aromatic carbocycles. The molecule has 0 spiro atoms. The average Bonchev–Trinajstić information content (AvgIpc) is 3.18. The first-order valence-corrected chi connectivity index (χ1v) is 10.5. The molecule has 1 aromatic heterocycles. The maximum atomic E-state index is 13.0. The zero-order chi connectivity index (χ0) is 18.5. The van der Waals surface area contributed by atoms with Gasteiger partial charge in [0.15, 0.2) is 9.84 Å². The highest BCUT2D eigenvalue weighted by molar-refractivity contribution is 7.91. The molecule has 2 aromatic rings. The molecule has 0 aliphatic carbocycles. The summed E-state index contributed by atoms with van der Waals surface area (Å²) >= 11 is 0. The SMILES string of the molecule is CN1CCN(C(=O)c2ccc(-c3cnn(C)c3)cc2)[C@H]2CS(=O)(=O)C[C@H]21. The first-order chi connectivity index (χ1) is 12.3. The molecule has 7 nitrogen and oxygen atoms in total. The van der Waals surface area contributed by atoms with Crippen LogP contribution in [0.15, 0.2) is 36.7 Å². The van der Waals surface area contributed by atoms with Gasteiger partial charge in [-0.2, -0.15) is 5.10 Å². The Kier molecular flexibility index (Phi) is 4.11. The summed E-state index contributed by atoms with van der Waals surface area (Å²) in [6.45, 7) is 1.24. The van der Waals surface area contributed by atoms with Gasteiger partial charge in [0.25, 0.3) is 5.91 Å². The number of likely N-dealkylation sites (N-methyl/N-ethyl adjacent to an activating group) is 1. The van der Waals surface area contributed by atoms with Crippen molar-refractivity contribution in [2.24, 2.45) is 7.05 Å². The topological polar surface area (TPSA) is 75.5 Å². The van der Waals surface area contributed by atoms with E-state index >= 15 is 0 Å². The molecule has 1 amide bonds. The molecule has 0 unspecified atom stereocenters. The number of aromatic nitrogens is 2. The molecule has 2 aliphatic heterocycles. The second-order valence-electron chi connectivity index (χ2n) is 7.17. The third-order valence-corrected chi connectivity index (χ3v) is 7.08. The first kappa shape index (κ1) is 17.2. The van der Waals surface area contributed by atoms with Crippen molar-refractivity contribution in [3.8, 4) is 11.1 Å². The van der Waals surface area contributed by atoms with Crippen LogP contribution in [0.2, 0.25) is 0 Å². The number of carbonyl (C=O) groups excluding carboxylic acids is 1. The van der Waals surface area contributed by atoms with Crippen molar-refractivity contribution in [1.82, 2.24) is 19.6 Å². The Morgan fingerprint density at radius 3 is 2.38 bits per heavy atom. The van der Waals surface area contributed by atoms with Crippen LogP contribution >= 0.6 is 0 Å². The molecule has 138 valence electrons. The van der Waals surface area contributed by atoms with Crippen LogP contribution in [-0.2, 0) is 16.9 Å². The number of fused-ring (bicyclic) bond motifs is 1. The molecular formula is C18H22N4O3S. The van der Waals surface area contributed by atoms with Crippen molar-refractivity contribution in [1.29, 1.82) is 0 Å². The third-order valence-electron chi connectivity index (χ3n) is 5.38. The van der Waals surface area contributed by atoms with Crippen LogP contribution in [-0.4, -0.2) is 77.6 Å². The molecule has 0 saturated carbocycles. The fourth-order valence-electron chi connectivity index (χ4n) is 3.92. The molecule has 0 radical (unpaired) electrons. The molecule has 3 heterocycles. The summed E-state index contributed by atoms with van der Waals surface area (Å²) in [4.78, 5) is 16.8. The molecule has 2 aliphatic rings. The van der Waals surface area contributed by atoms with Crippen molar-refractivity contribution >= 4 is 15.7 Å². The Morgan fingerprint density at radius 1 is 1.04 bits per heavy atom. The van der Waals surface area contributed by atoms with Gasteiger partial charge in [0.05, 0.1) is 23.7 Å². The second kappa shape index (κ2) is 6.21. The van der Waals surface area contributed by atoms with Gasteiger partial charge in [-0.3, -0.25) is 14.4 Å². The maximum absolute atomic E-state index is 13.0. The maximum Gasteiger partial charge on any atom is 0.254 e. The third kappa shape index (κ3) is 3.03. The van der Waals surface area contributed by atoms with Gasteiger partial charge in [0.1, 0.15) is 0 Å². The van der Waals surface area contributed by atoms with E-state index < -0.39 is 9.84 Å². The van der Waals surface area contributed by atoms with Gasteiger partial charge in [0.2, 0.25) is 0 Å². The van der Waals surface area contributed by atoms with E-state index in [1.165, 1.54) is 0 Å². The number of hydrogen-bond donors (Lipinski definition) is 0. The number of hydrogen-bond acceptors (Lipinski definition) is 5. The standard InChI is InChI=1S/C18H22N4O3S/c1-20-7-8-22(17-12-26(24,25)11-16(17)20)18(23)14-5-3-13(4-6-14)15-9-19-21(2)10-15/h3-6,9-10,16-17H,7-8,11-12H2,1-2H3/t16-,17+/m1/s1. The lowest BCUT2D eigenvalue weighted by atomic mass is 10.0. The number of sulfone groups is 1. The lowest BCUT2D eigenvalue weighted by Crippen LogP contribution is -2.59. The number of carbonyl (C=O) groups is 1. The molecule has 4 rings (SSSR count). The first-order valence-electron chi connectivity index (χ1n) is 8.65. The second-order valence-corrected chi connectivity index (χ2v) is 9.32. The van der Waals surface area contributed by atoms with Gasteiger partial charge in [-0.25, -0.2) is 8.42 Å². The summed E-state index contributed by atoms with van der Waals surface area (Å²) in [5, 5.41) is 4.16. The van der Waals surface area contributed by atoms with E-state index in [0.29, 0.717) is 18.7 Å². The number of piperazine rings is 1. The van der Waals surface area contributed by atoms with E-state index in [1.54, 1.807) is 27.9 Å². The smallest absolute Gasteiger partial charge is 0.254 e. The van der Waals surface area contributed by atoms with Crippen LogP contribution in [0.5, 0.6) is 0 Å². The lowest BCUT2D eigenvalue weighted by Gasteiger charge is -2.42. The molecule has 0 bridgehead atoms. The van der Waals surface area contributed by atoms with Crippen molar-refractivity contribution < 1.29 is 13.2 Å². The van der Waals surface area contributed by atoms with Gasteiger partial charge in [-0.05, 0) is 24.7 Å². The zero-order valence-corrected chi connectivity index (χ0v) is 15.7. The summed E-state index contributed by atoms with van der Waals surface area (Å²) in [5.41, 5.74) is 2.58. The summed E-state index contributed by atoms with van der Waals surface area (Å²) in [5.74, 6) is 0.0994. The van der Waals surface area contributed by atoms with Crippen LogP contribution in [0.25, 0.3) is 11.1 Å². The Bertz CT molecular complexity index is 936. The quantitative estimate of drug-likeness (QED) is 0.771. The van der Waals surface area contributed by atoms with Crippen molar-refractivity contribution in [2.45, 2.75) is 12.1 Å². The van der Waals surface area contributed by atoms with Gasteiger partial charge in [0, 0.05) is 43.5 Å². The lowest BCUT2D eigenvalue weighted by molar-refractivity contribution is 0.0410. The summed E-state index contributed by atoms with van der Waals surface area (Å²) in [7, 11) is 0.700. The van der Waals surface area contributed by atoms with E-state index in [2.05, 4.69) is 10.00 Å². The minimum absolute atomic E-state index is 0.0571. The normalized spacial score (nSPS) is 25.2. The predicted molar refractivity (Wildman–Crippen MR) is 98.5 cm³/mol. The molecule has 2 fully saturated rings. The van der Waals surface area contributed by atoms with Crippen LogP contribution < -0.4 is 0 Å². The monoisotopic (exact) mass is 374 g/mol. The number of rotatable bonds is 2. The van der Waals surface area contributed by atoms with E-state index in [9.17, 15) is 13.2 Å². The molecule has 8 heteroatoms. The van der Waals surface area contributed by atoms with Gasteiger partial charge in [-0.1, -0.05) is 12.1 Å². The fraction of sp³-hybridized carbons (Fsp3) is 0.444. The fourth-order valence-corrected chi connectivity index (χ4v) is 5.98. The van der Waals surface area contributed by atoms with Gasteiger partial charge >= 0.3 is 0 Å². The van der Waals surface area contributed by atoms with Crippen molar-refractivity contribution in [3.63, 3.8) is 0 Å². The number of aryl methyl sites for hydroxylation is 1. The average molecular weight is 374 g/mol. The van der Waals surface area contributed by atoms with Crippen LogP contribution in [0.1, 0.15) is 10.4 Å². The molecular weight excluding hydrogens is 352 g/mol. The minimum Gasteiger partial charge on any atom is -0.332 e. The van der Waals surface area contributed by atoms with Crippen LogP contribution in [0.3, 0.4) is 0 Å². The molecule has 2 atom stereocenters. The highest BCUT2D eigenvalue weighted by Gasteiger charge is 2.46. The Hall–Kier alpha value is -2.19. The zero-order valence-electron chi connectivity index (χ0n) is 14.9. The predicted octanol–water partition coefficient (Wildman–Crippen LogP) is 0.640. The number of benzene rings is 1. The largest absolute Gasteiger partial charge is 0.332 e. The van der Waals surface area contributed by atoms with Crippen LogP contribution in [0.4, 0.5) is 0 Å². The highest BCUT2D eigenvalue weighted by Crippen LogP contribution is 2.28.